The Morgan fingerprint density at radius 1 is 1.48 bits per heavy atom. The van der Waals surface area contributed by atoms with Crippen molar-refractivity contribution in [2.24, 2.45) is 0 Å². The fourth-order valence-corrected chi connectivity index (χ4v) is 3.28. The Morgan fingerprint density at radius 3 is 2.96 bits per heavy atom. The molecule has 3 rings (SSSR count). The maximum atomic E-state index is 12.2. The molecule has 2 heterocycles. The van der Waals surface area contributed by atoms with Crippen molar-refractivity contribution in [3.63, 3.8) is 0 Å². The first-order chi connectivity index (χ1) is 10.9. The van der Waals surface area contributed by atoms with Crippen molar-refractivity contribution >= 4 is 6.09 Å². The zero-order valence-corrected chi connectivity index (χ0v) is 14.5. The summed E-state index contributed by atoms with van der Waals surface area (Å²) >= 11 is 0. The summed E-state index contributed by atoms with van der Waals surface area (Å²) in [5.74, 6) is 1.40. The quantitative estimate of drug-likeness (QED) is 0.908. The highest BCUT2D eigenvalue weighted by molar-refractivity contribution is 5.68. The molecule has 2 atom stereocenters. The molecule has 1 aromatic heterocycles. The van der Waals surface area contributed by atoms with Gasteiger partial charge in [-0.3, -0.25) is 0 Å². The van der Waals surface area contributed by atoms with Gasteiger partial charge in [0.25, 0.3) is 0 Å². The Bertz CT molecular complexity index is 576. The van der Waals surface area contributed by atoms with Crippen LogP contribution in [-0.2, 0) is 15.9 Å². The first-order valence-electron chi connectivity index (χ1n) is 8.55. The number of hydrogen-bond acceptors (Lipinski definition) is 4. The van der Waals surface area contributed by atoms with E-state index in [0.29, 0.717) is 25.6 Å². The molecule has 1 aliphatic carbocycles. The SMILES string of the molecule is CCC1CCc2[nH]c(C3CN(C(=O)OC(C)(C)C)CCO3)nc21. The number of H-pyrrole nitrogens is 1. The van der Waals surface area contributed by atoms with E-state index >= 15 is 0 Å². The van der Waals surface area contributed by atoms with Gasteiger partial charge in [0.2, 0.25) is 0 Å². The average molecular weight is 321 g/mol. The molecule has 1 saturated heterocycles. The van der Waals surface area contributed by atoms with E-state index in [0.717, 1.165) is 18.7 Å². The Kier molecular flexibility index (Phi) is 4.36. The fourth-order valence-electron chi connectivity index (χ4n) is 3.28. The van der Waals surface area contributed by atoms with Crippen LogP contribution in [0.15, 0.2) is 0 Å². The van der Waals surface area contributed by atoms with Gasteiger partial charge in [0.1, 0.15) is 17.5 Å². The third kappa shape index (κ3) is 3.52. The molecule has 1 amide bonds. The molecule has 6 nitrogen and oxygen atoms in total. The number of carbonyl (C=O) groups is 1. The Labute approximate surface area is 137 Å². The maximum absolute atomic E-state index is 12.2. The zero-order chi connectivity index (χ0) is 16.6. The zero-order valence-electron chi connectivity index (χ0n) is 14.5. The molecule has 128 valence electrons. The van der Waals surface area contributed by atoms with E-state index in [1.54, 1.807) is 4.90 Å². The topological polar surface area (TPSA) is 67.5 Å². The van der Waals surface area contributed by atoms with Crippen LogP contribution in [0.25, 0.3) is 0 Å². The number of nitrogens with zero attached hydrogens (tertiary/aromatic N) is 2. The molecule has 6 heteroatoms. The number of aromatic nitrogens is 2. The molecule has 2 aliphatic rings. The second-order valence-electron chi connectivity index (χ2n) is 7.42. The Hall–Kier alpha value is -1.56. The van der Waals surface area contributed by atoms with Crippen molar-refractivity contribution in [1.82, 2.24) is 14.9 Å². The summed E-state index contributed by atoms with van der Waals surface area (Å²) in [4.78, 5) is 22.2. The number of nitrogens with one attached hydrogen (secondary N) is 1. The lowest BCUT2D eigenvalue weighted by Gasteiger charge is -2.33. The second-order valence-corrected chi connectivity index (χ2v) is 7.42. The number of aromatic amines is 1. The van der Waals surface area contributed by atoms with Gasteiger partial charge in [0.15, 0.2) is 0 Å². The smallest absolute Gasteiger partial charge is 0.410 e. The minimum absolute atomic E-state index is 0.195. The van der Waals surface area contributed by atoms with Crippen LogP contribution in [0.2, 0.25) is 0 Å². The summed E-state index contributed by atoms with van der Waals surface area (Å²) in [5.41, 5.74) is 1.95. The van der Waals surface area contributed by atoms with Gasteiger partial charge in [-0.05, 0) is 40.0 Å². The van der Waals surface area contributed by atoms with E-state index in [1.807, 2.05) is 20.8 Å². The molecule has 1 N–H and O–H groups in total. The molecular formula is C17H27N3O3. The van der Waals surface area contributed by atoms with Gasteiger partial charge in [0.05, 0.1) is 18.8 Å². The van der Waals surface area contributed by atoms with Crippen LogP contribution in [0.5, 0.6) is 0 Å². The number of rotatable bonds is 2. The van der Waals surface area contributed by atoms with Crippen molar-refractivity contribution in [3.8, 4) is 0 Å². The summed E-state index contributed by atoms with van der Waals surface area (Å²) < 4.78 is 11.3. The molecule has 0 radical (unpaired) electrons. The van der Waals surface area contributed by atoms with E-state index in [1.165, 1.54) is 17.8 Å². The molecular weight excluding hydrogens is 294 g/mol. The summed E-state index contributed by atoms with van der Waals surface area (Å²) in [6.07, 6.45) is 2.88. The van der Waals surface area contributed by atoms with Gasteiger partial charge < -0.3 is 19.4 Å². The van der Waals surface area contributed by atoms with Crippen molar-refractivity contribution in [2.45, 2.75) is 64.6 Å². The van der Waals surface area contributed by atoms with Gasteiger partial charge in [0, 0.05) is 18.2 Å². The van der Waals surface area contributed by atoms with E-state index < -0.39 is 5.60 Å². The molecule has 0 bridgehead atoms. The number of hydrogen-bond donors (Lipinski definition) is 1. The Balaban J connectivity index is 1.68. The summed E-state index contributed by atoms with van der Waals surface area (Å²) in [6, 6.07) is 0. The molecule has 0 aromatic carbocycles. The summed E-state index contributed by atoms with van der Waals surface area (Å²) in [5, 5.41) is 0. The van der Waals surface area contributed by atoms with Crippen LogP contribution in [0.1, 0.15) is 69.8 Å². The van der Waals surface area contributed by atoms with Crippen LogP contribution >= 0.6 is 0 Å². The molecule has 2 unspecified atom stereocenters. The van der Waals surface area contributed by atoms with Crippen molar-refractivity contribution in [2.75, 3.05) is 19.7 Å². The predicted molar refractivity (Wildman–Crippen MR) is 86.4 cm³/mol. The number of imidazole rings is 1. The third-order valence-electron chi connectivity index (χ3n) is 4.47. The highest BCUT2D eigenvalue weighted by Gasteiger charge is 2.33. The molecule has 1 fully saturated rings. The van der Waals surface area contributed by atoms with E-state index in [9.17, 15) is 4.79 Å². The summed E-state index contributed by atoms with van der Waals surface area (Å²) in [6.45, 7) is 9.39. The van der Waals surface area contributed by atoms with Gasteiger partial charge in [-0.1, -0.05) is 6.92 Å². The van der Waals surface area contributed by atoms with Crippen molar-refractivity contribution in [1.29, 1.82) is 0 Å². The minimum Gasteiger partial charge on any atom is -0.444 e. The number of ether oxygens (including phenoxy) is 2. The number of morpholine rings is 1. The lowest BCUT2D eigenvalue weighted by Crippen LogP contribution is -2.44. The number of fused-ring (bicyclic) bond motifs is 1. The van der Waals surface area contributed by atoms with Crippen LogP contribution in [-0.4, -0.2) is 46.3 Å². The van der Waals surface area contributed by atoms with Crippen LogP contribution in [0.3, 0.4) is 0 Å². The normalized spacial score (nSPS) is 24.6. The van der Waals surface area contributed by atoms with Gasteiger partial charge in [-0.15, -0.1) is 0 Å². The minimum atomic E-state index is -0.481. The molecule has 1 aromatic rings. The lowest BCUT2D eigenvalue weighted by molar-refractivity contribution is -0.0460. The second kappa shape index (κ2) is 6.15. The Morgan fingerprint density at radius 2 is 2.26 bits per heavy atom. The highest BCUT2D eigenvalue weighted by Crippen LogP contribution is 2.35. The van der Waals surface area contributed by atoms with Gasteiger partial charge >= 0.3 is 6.09 Å². The average Bonchev–Trinajstić information content (AvgIpc) is 3.05. The lowest BCUT2D eigenvalue weighted by atomic mass is 10.1. The standard InChI is InChI=1S/C17H27N3O3/c1-5-11-6-7-12-14(11)19-15(18-12)13-10-20(8-9-22-13)16(21)23-17(2,3)4/h11,13H,5-10H2,1-4H3,(H,18,19). The predicted octanol–water partition coefficient (Wildman–Crippen LogP) is 3.16. The molecule has 0 saturated carbocycles. The van der Waals surface area contributed by atoms with E-state index in [2.05, 4.69) is 11.9 Å². The van der Waals surface area contributed by atoms with Gasteiger partial charge in [-0.2, -0.15) is 0 Å². The summed E-state index contributed by atoms with van der Waals surface area (Å²) in [7, 11) is 0. The van der Waals surface area contributed by atoms with Gasteiger partial charge in [-0.25, -0.2) is 9.78 Å². The maximum Gasteiger partial charge on any atom is 0.410 e. The molecule has 23 heavy (non-hydrogen) atoms. The largest absolute Gasteiger partial charge is 0.444 e. The van der Waals surface area contributed by atoms with E-state index in [-0.39, 0.29) is 12.2 Å². The number of carbonyl (C=O) groups excluding carboxylic acids is 1. The van der Waals surface area contributed by atoms with Crippen LogP contribution in [0, 0.1) is 0 Å². The molecule has 0 spiro atoms. The number of amides is 1. The monoisotopic (exact) mass is 321 g/mol. The first kappa shape index (κ1) is 16.3. The van der Waals surface area contributed by atoms with Crippen LogP contribution < -0.4 is 0 Å². The fraction of sp³-hybridized carbons (Fsp3) is 0.765. The molecule has 1 aliphatic heterocycles. The van der Waals surface area contributed by atoms with Crippen LogP contribution in [0.4, 0.5) is 4.79 Å². The highest BCUT2D eigenvalue weighted by atomic mass is 16.6. The number of aryl methyl sites for hydroxylation is 1. The van der Waals surface area contributed by atoms with Crippen molar-refractivity contribution in [3.05, 3.63) is 17.2 Å². The van der Waals surface area contributed by atoms with Crippen molar-refractivity contribution < 1.29 is 14.3 Å². The third-order valence-corrected chi connectivity index (χ3v) is 4.47. The van der Waals surface area contributed by atoms with E-state index in [4.69, 9.17) is 14.5 Å². The first-order valence-corrected chi connectivity index (χ1v) is 8.55.